The van der Waals surface area contributed by atoms with Crippen molar-refractivity contribution in [2.75, 3.05) is 13.1 Å². The Hall–Kier alpha value is -1.10. The number of rotatable bonds is 2. The largest absolute Gasteiger partial charge is 0.381 e. The lowest BCUT2D eigenvalue weighted by atomic mass is 10.1. The molecule has 3 N–H and O–H groups in total. The van der Waals surface area contributed by atoms with Crippen LogP contribution in [0.25, 0.3) is 0 Å². The Kier molecular flexibility index (Phi) is 2.80. The second kappa shape index (κ2) is 3.57. The van der Waals surface area contributed by atoms with E-state index in [1.54, 1.807) is 0 Å². The van der Waals surface area contributed by atoms with Crippen LogP contribution in [-0.2, 0) is 9.59 Å². The maximum Gasteiger partial charge on any atom is 0.253 e. The molecule has 5 nitrogen and oxygen atoms in total. The Bertz CT molecular complexity index is 257. The quantitative estimate of drug-likeness (QED) is 0.605. The highest BCUT2D eigenvalue weighted by molar-refractivity contribution is 5.85. The zero-order valence-corrected chi connectivity index (χ0v) is 8.49. The van der Waals surface area contributed by atoms with Gasteiger partial charge >= 0.3 is 0 Å². The highest BCUT2D eigenvalue weighted by Crippen LogP contribution is 2.19. The van der Waals surface area contributed by atoms with Crippen molar-refractivity contribution in [3.8, 4) is 0 Å². The van der Waals surface area contributed by atoms with Gasteiger partial charge in [-0.3, -0.25) is 9.59 Å². The molecule has 0 aromatic rings. The first-order chi connectivity index (χ1) is 6.32. The summed E-state index contributed by atoms with van der Waals surface area (Å²) >= 11 is 0. The van der Waals surface area contributed by atoms with E-state index in [0.717, 1.165) is 0 Å². The lowest BCUT2D eigenvalue weighted by Crippen LogP contribution is -2.44. The summed E-state index contributed by atoms with van der Waals surface area (Å²) in [6, 6.07) is 0. The number of hydrogen-bond acceptors (Lipinski definition) is 3. The van der Waals surface area contributed by atoms with Crippen molar-refractivity contribution in [2.45, 2.75) is 25.9 Å². The third-order valence-electron chi connectivity index (χ3n) is 2.40. The number of hydrogen-bond donors (Lipinski definition) is 2. The van der Waals surface area contributed by atoms with Crippen molar-refractivity contribution in [3.63, 3.8) is 0 Å². The minimum absolute atomic E-state index is 0.263. The van der Waals surface area contributed by atoms with Crippen molar-refractivity contribution < 1.29 is 14.7 Å². The molecular weight excluding hydrogens is 184 g/mol. The SMILES string of the molecule is CC(C)(O)C(=O)N1CCC(C(N)=O)C1. The van der Waals surface area contributed by atoms with Gasteiger partial charge in [0.15, 0.2) is 0 Å². The molecule has 0 aromatic heterocycles. The number of primary amides is 1. The normalized spacial score (nSPS) is 22.5. The minimum atomic E-state index is -1.37. The van der Waals surface area contributed by atoms with Gasteiger partial charge in [0, 0.05) is 13.1 Å². The van der Waals surface area contributed by atoms with E-state index in [4.69, 9.17) is 5.73 Å². The van der Waals surface area contributed by atoms with Gasteiger partial charge in [-0.15, -0.1) is 0 Å². The zero-order chi connectivity index (χ0) is 10.9. The van der Waals surface area contributed by atoms with E-state index in [-0.39, 0.29) is 17.7 Å². The van der Waals surface area contributed by atoms with E-state index in [2.05, 4.69) is 0 Å². The highest BCUT2D eigenvalue weighted by atomic mass is 16.3. The average molecular weight is 200 g/mol. The predicted molar refractivity (Wildman–Crippen MR) is 50.2 cm³/mol. The molecule has 0 radical (unpaired) electrons. The number of aliphatic hydroxyl groups is 1. The zero-order valence-electron chi connectivity index (χ0n) is 8.49. The second-order valence-corrected chi connectivity index (χ2v) is 4.20. The van der Waals surface area contributed by atoms with Gasteiger partial charge in [-0.2, -0.15) is 0 Å². The van der Waals surface area contributed by atoms with Gasteiger partial charge in [0.05, 0.1) is 5.92 Å². The van der Waals surface area contributed by atoms with Crippen LogP contribution in [0.3, 0.4) is 0 Å². The molecule has 1 fully saturated rings. The van der Waals surface area contributed by atoms with E-state index >= 15 is 0 Å². The first-order valence-corrected chi connectivity index (χ1v) is 4.63. The van der Waals surface area contributed by atoms with Crippen LogP contribution >= 0.6 is 0 Å². The molecule has 1 heterocycles. The first kappa shape index (κ1) is 11.0. The molecule has 1 atom stereocenters. The van der Waals surface area contributed by atoms with Gasteiger partial charge < -0.3 is 15.7 Å². The molecular formula is C9H16N2O3. The summed E-state index contributed by atoms with van der Waals surface area (Å²) in [5, 5.41) is 9.46. The van der Waals surface area contributed by atoms with Gasteiger partial charge in [0.2, 0.25) is 5.91 Å². The van der Waals surface area contributed by atoms with Gasteiger partial charge in [-0.1, -0.05) is 0 Å². The molecule has 2 amide bonds. The summed E-state index contributed by atoms with van der Waals surface area (Å²) < 4.78 is 0. The Morgan fingerprint density at radius 2 is 2.07 bits per heavy atom. The maximum atomic E-state index is 11.6. The fourth-order valence-electron chi connectivity index (χ4n) is 1.56. The smallest absolute Gasteiger partial charge is 0.253 e. The fourth-order valence-corrected chi connectivity index (χ4v) is 1.56. The van der Waals surface area contributed by atoms with Crippen molar-refractivity contribution in [1.82, 2.24) is 4.90 Å². The van der Waals surface area contributed by atoms with Crippen LogP contribution < -0.4 is 5.73 Å². The molecule has 0 bridgehead atoms. The van der Waals surface area contributed by atoms with Gasteiger partial charge in [-0.25, -0.2) is 0 Å². The lowest BCUT2D eigenvalue weighted by molar-refractivity contribution is -0.146. The number of likely N-dealkylation sites (tertiary alicyclic amines) is 1. The molecule has 1 aliphatic rings. The van der Waals surface area contributed by atoms with Crippen LogP contribution in [0.2, 0.25) is 0 Å². The Morgan fingerprint density at radius 3 is 2.43 bits per heavy atom. The number of nitrogens with two attached hydrogens (primary N) is 1. The number of amides is 2. The van der Waals surface area contributed by atoms with Gasteiger partial charge in [0.1, 0.15) is 5.60 Å². The van der Waals surface area contributed by atoms with Crippen molar-refractivity contribution >= 4 is 11.8 Å². The summed E-state index contributed by atoms with van der Waals surface area (Å²) in [5.74, 6) is -0.987. The lowest BCUT2D eigenvalue weighted by Gasteiger charge is -2.24. The maximum absolute atomic E-state index is 11.6. The minimum Gasteiger partial charge on any atom is -0.381 e. The standard InChI is InChI=1S/C9H16N2O3/c1-9(2,14)8(13)11-4-3-6(5-11)7(10)12/h6,14H,3-5H2,1-2H3,(H2,10,12). The Labute approximate surface area is 82.9 Å². The van der Waals surface area contributed by atoms with E-state index < -0.39 is 5.60 Å². The molecule has 5 heteroatoms. The molecule has 0 spiro atoms. The van der Waals surface area contributed by atoms with E-state index in [1.165, 1.54) is 18.7 Å². The summed E-state index contributed by atoms with van der Waals surface area (Å²) in [5.41, 5.74) is 3.76. The molecule has 1 unspecified atom stereocenters. The monoisotopic (exact) mass is 200 g/mol. The number of carbonyl (C=O) groups excluding carboxylic acids is 2. The molecule has 80 valence electrons. The van der Waals surface area contributed by atoms with E-state index in [1.807, 2.05) is 0 Å². The third kappa shape index (κ3) is 2.23. The van der Waals surface area contributed by atoms with Crippen molar-refractivity contribution in [1.29, 1.82) is 0 Å². The predicted octanol–water partition coefficient (Wildman–Crippen LogP) is -0.909. The summed E-state index contributed by atoms with van der Waals surface area (Å²) in [6.45, 7) is 3.70. The molecule has 0 aliphatic carbocycles. The van der Waals surface area contributed by atoms with Crippen molar-refractivity contribution in [3.05, 3.63) is 0 Å². The Morgan fingerprint density at radius 1 is 1.50 bits per heavy atom. The average Bonchev–Trinajstić information content (AvgIpc) is 2.48. The van der Waals surface area contributed by atoms with Crippen LogP contribution in [-0.4, -0.2) is 40.5 Å². The topological polar surface area (TPSA) is 83.6 Å². The van der Waals surface area contributed by atoms with Crippen LogP contribution in [0.5, 0.6) is 0 Å². The van der Waals surface area contributed by atoms with E-state index in [0.29, 0.717) is 19.5 Å². The van der Waals surface area contributed by atoms with Crippen LogP contribution in [0.4, 0.5) is 0 Å². The van der Waals surface area contributed by atoms with E-state index in [9.17, 15) is 14.7 Å². The summed E-state index contributed by atoms with van der Waals surface area (Å²) in [7, 11) is 0. The number of carbonyl (C=O) groups is 2. The van der Waals surface area contributed by atoms with Crippen LogP contribution in [0.15, 0.2) is 0 Å². The third-order valence-corrected chi connectivity index (χ3v) is 2.40. The van der Waals surface area contributed by atoms with Crippen LogP contribution in [0, 0.1) is 5.92 Å². The molecule has 14 heavy (non-hydrogen) atoms. The summed E-state index contributed by atoms with van der Waals surface area (Å²) in [4.78, 5) is 23.9. The molecule has 0 aromatic carbocycles. The fraction of sp³-hybridized carbons (Fsp3) is 0.778. The first-order valence-electron chi connectivity index (χ1n) is 4.63. The molecule has 1 rings (SSSR count). The van der Waals surface area contributed by atoms with Crippen molar-refractivity contribution in [2.24, 2.45) is 11.7 Å². The molecule has 1 aliphatic heterocycles. The second-order valence-electron chi connectivity index (χ2n) is 4.20. The molecule has 0 saturated carbocycles. The van der Waals surface area contributed by atoms with Gasteiger partial charge in [0.25, 0.3) is 5.91 Å². The van der Waals surface area contributed by atoms with Gasteiger partial charge in [-0.05, 0) is 20.3 Å². The van der Waals surface area contributed by atoms with Crippen LogP contribution in [0.1, 0.15) is 20.3 Å². The molecule has 1 saturated heterocycles. The highest BCUT2D eigenvalue weighted by Gasteiger charge is 2.35. The summed E-state index contributed by atoms with van der Waals surface area (Å²) in [6.07, 6.45) is 0.594. The number of nitrogens with zero attached hydrogens (tertiary/aromatic N) is 1. The Balaban J connectivity index is 2.59.